The Morgan fingerprint density at radius 3 is 2.60 bits per heavy atom. The van der Waals surface area contributed by atoms with Crippen LogP contribution in [0.4, 0.5) is 0 Å². The molecule has 0 amide bonds. The average molecular weight is 213 g/mol. The normalized spacial score (nSPS) is 18.1. The first-order valence-electron chi connectivity index (χ1n) is 6.08. The van der Waals surface area contributed by atoms with Crippen molar-refractivity contribution in [3.05, 3.63) is 0 Å². The van der Waals surface area contributed by atoms with E-state index in [1.807, 2.05) is 0 Å². The van der Waals surface area contributed by atoms with Gasteiger partial charge in [0.15, 0.2) is 0 Å². The topological polar surface area (TPSA) is 38.3 Å². The first-order chi connectivity index (χ1) is 7.18. The second-order valence-corrected chi connectivity index (χ2v) is 4.77. The Morgan fingerprint density at radius 2 is 2.00 bits per heavy atom. The summed E-state index contributed by atoms with van der Waals surface area (Å²) in [6, 6.07) is 0. The second kappa shape index (κ2) is 6.83. The van der Waals surface area contributed by atoms with Gasteiger partial charge in [0.2, 0.25) is 0 Å². The van der Waals surface area contributed by atoms with Crippen molar-refractivity contribution in [1.29, 1.82) is 0 Å². The number of hydrogen-bond acceptors (Lipinski definition) is 3. The third-order valence-corrected chi connectivity index (χ3v) is 2.67. The zero-order valence-corrected chi connectivity index (χ0v) is 9.92. The molecule has 1 saturated carbocycles. The van der Waals surface area contributed by atoms with Crippen molar-refractivity contribution in [2.75, 3.05) is 13.1 Å². The van der Waals surface area contributed by atoms with Gasteiger partial charge in [-0.2, -0.15) is 0 Å². The Bertz CT molecular complexity index is 186. The summed E-state index contributed by atoms with van der Waals surface area (Å²) in [5.74, 6) is 0.482. The first kappa shape index (κ1) is 12.5. The van der Waals surface area contributed by atoms with Crippen LogP contribution in [-0.2, 0) is 9.53 Å². The fourth-order valence-electron chi connectivity index (χ4n) is 1.87. The molecule has 0 aromatic heterocycles. The summed E-state index contributed by atoms with van der Waals surface area (Å²) < 4.78 is 5.37. The van der Waals surface area contributed by atoms with Gasteiger partial charge in [0.05, 0.1) is 6.54 Å². The van der Waals surface area contributed by atoms with Crippen LogP contribution >= 0.6 is 0 Å². The average Bonchev–Trinajstić information content (AvgIpc) is 2.18. The van der Waals surface area contributed by atoms with Crippen LogP contribution in [0.1, 0.15) is 46.0 Å². The lowest BCUT2D eigenvalue weighted by molar-refractivity contribution is -0.149. The molecule has 0 aromatic carbocycles. The molecule has 0 aromatic rings. The number of carbonyl (C=O) groups excluding carboxylic acids is 1. The lowest BCUT2D eigenvalue weighted by Gasteiger charge is -2.21. The molecule has 3 nitrogen and oxygen atoms in total. The maximum Gasteiger partial charge on any atom is 0.320 e. The lowest BCUT2D eigenvalue weighted by atomic mass is 9.98. The molecule has 1 rings (SSSR count). The van der Waals surface area contributed by atoms with Crippen LogP contribution in [0.5, 0.6) is 0 Å². The molecule has 0 aliphatic heterocycles. The van der Waals surface area contributed by atoms with Gasteiger partial charge in [-0.3, -0.25) is 4.79 Å². The maximum absolute atomic E-state index is 11.4. The zero-order chi connectivity index (χ0) is 11.1. The van der Waals surface area contributed by atoms with Crippen molar-refractivity contribution in [2.24, 2.45) is 5.92 Å². The van der Waals surface area contributed by atoms with Gasteiger partial charge >= 0.3 is 5.97 Å². The van der Waals surface area contributed by atoms with E-state index in [1.54, 1.807) is 0 Å². The summed E-state index contributed by atoms with van der Waals surface area (Å²) in [6.45, 7) is 5.48. The lowest BCUT2D eigenvalue weighted by Crippen LogP contribution is -2.31. The van der Waals surface area contributed by atoms with Crippen molar-refractivity contribution in [1.82, 2.24) is 5.32 Å². The highest BCUT2D eigenvalue weighted by atomic mass is 16.5. The molecular weight excluding hydrogens is 190 g/mol. The van der Waals surface area contributed by atoms with Gasteiger partial charge in [0.1, 0.15) is 6.10 Å². The number of hydrogen-bond donors (Lipinski definition) is 1. The van der Waals surface area contributed by atoms with Crippen molar-refractivity contribution in [3.8, 4) is 0 Å². The molecule has 1 N–H and O–H groups in total. The summed E-state index contributed by atoms with van der Waals surface area (Å²) in [5, 5.41) is 3.10. The number of esters is 1. The van der Waals surface area contributed by atoms with E-state index in [9.17, 15) is 4.79 Å². The minimum Gasteiger partial charge on any atom is -0.461 e. The molecule has 0 saturated heterocycles. The number of carbonyl (C=O) groups is 1. The molecule has 0 unspecified atom stereocenters. The molecule has 0 radical (unpaired) electrons. The van der Waals surface area contributed by atoms with E-state index in [-0.39, 0.29) is 12.1 Å². The van der Waals surface area contributed by atoms with Crippen LogP contribution in [0.3, 0.4) is 0 Å². The van der Waals surface area contributed by atoms with Gasteiger partial charge in [-0.1, -0.05) is 20.3 Å². The fourth-order valence-corrected chi connectivity index (χ4v) is 1.87. The predicted molar refractivity (Wildman–Crippen MR) is 60.7 cm³/mol. The summed E-state index contributed by atoms with van der Waals surface area (Å²) in [6.07, 6.45) is 5.99. The number of rotatable bonds is 5. The first-order valence-corrected chi connectivity index (χ1v) is 6.08. The number of nitrogens with one attached hydrogen (secondary N) is 1. The Labute approximate surface area is 92.6 Å². The minimum absolute atomic E-state index is 0.0949. The van der Waals surface area contributed by atoms with Crippen molar-refractivity contribution < 1.29 is 9.53 Å². The zero-order valence-electron chi connectivity index (χ0n) is 9.92. The smallest absolute Gasteiger partial charge is 0.320 e. The van der Waals surface area contributed by atoms with Crippen molar-refractivity contribution in [3.63, 3.8) is 0 Å². The molecule has 15 heavy (non-hydrogen) atoms. The van der Waals surface area contributed by atoms with Gasteiger partial charge in [0, 0.05) is 0 Å². The summed E-state index contributed by atoms with van der Waals surface area (Å²) >= 11 is 0. The highest BCUT2D eigenvalue weighted by Gasteiger charge is 2.17. The van der Waals surface area contributed by atoms with Crippen LogP contribution < -0.4 is 5.32 Å². The van der Waals surface area contributed by atoms with E-state index >= 15 is 0 Å². The molecule has 88 valence electrons. The fraction of sp³-hybridized carbons (Fsp3) is 0.917. The van der Waals surface area contributed by atoms with Crippen LogP contribution in [0.15, 0.2) is 0 Å². The van der Waals surface area contributed by atoms with Crippen LogP contribution in [0.2, 0.25) is 0 Å². The van der Waals surface area contributed by atoms with E-state index in [1.165, 1.54) is 19.3 Å². The Kier molecular flexibility index (Phi) is 5.69. The summed E-state index contributed by atoms with van der Waals surface area (Å²) in [5.41, 5.74) is 0. The third-order valence-electron chi connectivity index (χ3n) is 2.67. The van der Waals surface area contributed by atoms with E-state index in [0.717, 1.165) is 19.4 Å². The Hall–Kier alpha value is -0.570. The molecule has 1 aliphatic rings. The molecule has 0 heterocycles. The predicted octanol–water partition coefficient (Wildman–Crippen LogP) is 2.11. The van der Waals surface area contributed by atoms with Gasteiger partial charge in [-0.05, 0) is 38.1 Å². The second-order valence-electron chi connectivity index (χ2n) is 4.77. The highest BCUT2D eigenvalue weighted by Crippen LogP contribution is 2.20. The SMILES string of the molecule is CC(C)CNCC(=O)OC1CCCCC1. The van der Waals surface area contributed by atoms with E-state index in [0.29, 0.717) is 12.5 Å². The molecule has 1 aliphatic carbocycles. The van der Waals surface area contributed by atoms with E-state index in [4.69, 9.17) is 4.74 Å². The molecule has 3 heteroatoms. The standard InChI is InChI=1S/C12H23NO2/c1-10(2)8-13-9-12(14)15-11-6-4-3-5-7-11/h10-11,13H,3-9H2,1-2H3. The van der Waals surface area contributed by atoms with Crippen LogP contribution in [0.25, 0.3) is 0 Å². The van der Waals surface area contributed by atoms with Crippen molar-refractivity contribution in [2.45, 2.75) is 52.1 Å². The van der Waals surface area contributed by atoms with Gasteiger partial charge in [0.25, 0.3) is 0 Å². The largest absolute Gasteiger partial charge is 0.461 e. The Morgan fingerprint density at radius 1 is 1.33 bits per heavy atom. The van der Waals surface area contributed by atoms with Crippen LogP contribution in [0, 0.1) is 5.92 Å². The maximum atomic E-state index is 11.4. The van der Waals surface area contributed by atoms with Gasteiger partial charge < -0.3 is 10.1 Å². The van der Waals surface area contributed by atoms with E-state index < -0.39 is 0 Å². The minimum atomic E-state index is -0.0949. The quantitative estimate of drug-likeness (QED) is 0.711. The molecule has 1 fully saturated rings. The molecule has 0 atom stereocenters. The molecule has 0 spiro atoms. The Balaban J connectivity index is 2.06. The highest BCUT2D eigenvalue weighted by molar-refractivity contribution is 5.71. The van der Waals surface area contributed by atoms with Gasteiger partial charge in [-0.25, -0.2) is 0 Å². The van der Waals surface area contributed by atoms with Gasteiger partial charge in [-0.15, -0.1) is 0 Å². The van der Waals surface area contributed by atoms with E-state index in [2.05, 4.69) is 19.2 Å². The summed E-state index contributed by atoms with van der Waals surface area (Å²) in [4.78, 5) is 11.4. The number of ether oxygens (including phenoxy) is 1. The monoisotopic (exact) mass is 213 g/mol. The molecular formula is C12H23NO2. The van der Waals surface area contributed by atoms with Crippen molar-refractivity contribution >= 4 is 5.97 Å². The third kappa shape index (κ3) is 5.78. The van der Waals surface area contributed by atoms with Crippen LogP contribution in [-0.4, -0.2) is 25.2 Å². The molecule has 0 bridgehead atoms. The summed E-state index contributed by atoms with van der Waals surface area (Å²) in [7, 11) is 0.